The molecule has 0 amide bonds. The Morgan fingerprint density at radius 3 is 2.58 bits per heavy atom. The van der Waals surface area contributed by atoms with E-state index < -0.39 is 11.7 Å². The molecule has 0 aliphatic heterocycles. The van der Waals surface area contributed by atoms with Gasteiger partial charge in [-0.05, 0) is 29.8 Å². The summed E-state index contributed by atoms with van der Waals surface area (Å²) in [6.45, 7) is 0.0709. The van der Waals surface area contributed by atoms with Crippen LogP contribution < -0.4 is 10.5 Å². The van der Waals surface area contributed by atoms with Crippen LogP contribution in [0.3, 0.4) is 0 Å². The second kappa shape index (κ2) is 5.48. The molecule has 2 aromatic carbocycles. The maximum Gasteiger partial charge on any atom is 0.137 e. The van der Waals surface area contributed by atoms with E-state index in [1.165, 1.54) is 30.3 Å². The fraction of sp³-hybridized carbons (Fsp3) is 0.0714. The first kappa shape index (κ1) is 13.0. The van der Waals surface area contributed by atoms with Gasteiger partial charge >= 0.3 is 0 Å². The van der Waals surface area contributed by atoms with Gasteiger partial charge in [0.2, 0.25) is 0 Å². The quantitative estimate of drug-likeness (QED) is 0.657. The van der Waals surface area contributed by atoms with Gasteiger partial charge in [0.15, 0.2) is 0 Å². The maximum absolute atomic E-state index is 13.5. The number of halogens is 2. The topological polar surface area (TPSA) is 59.1 Å². The van der Waals surface area contributed by atoms with Crippen molar-refractivity contribution in [2.75, 3.05) is 0 Å². The summed E-state index contributed by atoms with van der Waals surface area (Å²) in [5, 5.41) is 7.33. The third kappa shape index (κ3) is 3.07. The highest BCUT2D eigenvalue weighted by molar-refractivity contribution is 5.97. The maximum atomic E-state index is 13.5. The van der Waals surface area contributed by atoms with Crippen molar-refractivity contribution < 1.29 is 13.5 Å². The van der Waals surface area contributed by atoms with Gasteiger partial charge in [0.25, 0.3) is 0 Å². The van der Waals surface area contributed by atoms with Crippen molar-refractivity contribution in [1.82, 2.24) is 0 Å². The highest BCUT2D eigenvalue weighted by atomic mass is 19.1. The van der Waals surface area contributed by atoms with Crippen molar-refractivity contribution in [2.24, 2.45) is 5.73 Å². The van der Waals surface area contributed by atoms with Crippen molar-refractivity contribution in [2.45, 2.75) is 6.61 Å². The van der Waals surface area contributed by atoms with Gasteiger partial charge in [-0.3, -0.25) is 5.41 Å². The molecule has 0 fully saturated rings. The van der Waals surface area contributed by atoms with E-state index in [9.17, 15) is 8.78 Å². The third-order valence-electron chi connectivity index (χ3n) is 2.53. The van der Waals surface area contributed by atoms with Crippen LogP contribution in [-0.4, -0.2) is 5.84 Å². The van der Waals surface area contributed by atoms with E-state index >= 15 is 0 Å². The molecule has 0 saturated heterocycles. The van der Waals surface area contributed by atoms with Crippen molar-refractivity contribution in [1.29, 1.82) is 5.41 Å². The van der Waals surface area contributed by atoms with Crippen LogP contribution in [0.1, 0.15) is 11.1 Å². The zero-order valence-corrected chi connectivity index (χ0v) is 9.99. The molecule has 0 heterocycles. The number of hydrogen-bond acceptors (Lipinski definition) is 2. The van der Waals surface area contributed by atoms with Gasteiger partial charge < -0.3 is 10.5 Å². The third-order valence-corrected chi connectivity index (χ3v) is 2.53. The zero-order chi connectivity index (χ0) is 13.8. The number of nitrogen functional groups attached to an aromatic ring is 1. The van der Waals surface area contributed by atoms with Gasteiger partial charge in [-0.2, -0.15) is 0 Å². The summed E-state index contributed by atoms with van der Waals surface area (Å²) in [5.41, 5.74) is 5.84. The molecule has 98 valence electrons. The predicted octanol–water partition coefficient (Wildman–Crippen LogP) is 2.83. The van der Waals surface area contributed by atoms with Crippen LogP contribution in [0.15, 0.2) is 42.5 Å². The van der Waals surface area contributed by atoms with Crippen molar-refractivity contribution >= 4 is 5.84 Å². The molecule has 3 nitrogen and oxygen atoms in total. The Morgan fingerprint density at radius 2 is 1.89 bits per heavy atom. The number of hydrogen-bond donors (Lipinski definition) is 2. The Kier molecular flexibility index (Phi) is 3.75. The number of nitrogens with one attached hydrogen (secondary N) is 1. The summed E-state index contributed by atoms with van der Waals surface area (Å²) < 4.78 is 31.9. The van der Waals surface area contributed by atoms with E-state index in [0.29, 0.717) is 5.56 Å². The van der Waals surface area contributed by atoms with Crippen LogP contribution in [0, 0.1) is 17.0 Å². The smallest absolute Gasteiger partial charge is 0.137 e. The Labute approximate surface area is 109 Å². The summed E-state index contributed by atoms with van der Waals surface area (Å²) in [6, 6.07) is 10.1. The molecule has 0 radical (unpaired) electrons. The van der Waals surface area contributed by atoms with Crippen LogP contribution in [-0.2, 0) is 6.61 Å². The minimum atomic E-state index is -0.621. The minimum Gasteiger partial charge on any atom is -0.488 e. The molecule has 19 heavy (non-hydrogen) atoms. The number of ether oxygens (including phenoxy) is 1. The van der Waals surface area contributed by atoms with Gasteiger partial charge in [0, 0.05) is 0 Å². The lowest BCUT2D eigenvalue weighted by molar-refractivity contribution is 0.303. The Hall–Kier alpha value is -2.43. The van der Waals surface area contributed by atoms with Crippen LogP contribution in [0.25, 0.3) is 0 Å². The molecule has 0 aliphatic carbocycles. The van der Waals surface area contributed by atoms with E-state index in [4.69, 9.17) is 15.9 Å². The zero-order valence-electron chi connectivity index (χ0n) is 9.99. The first-order chi connectivity index (χ1) is 9.08. The van der Waals surface area contributed by atoms with Crippen molar-refractivity contribution in [3.05, 3.63) is 65.2 Å². The first-order valence-electron chi connectivity index (χ1n) is 5.58. The van der Waals surface area contributed by atoms with Crippen LogP contribution >= 0.6 is 0 Å². The van der Waals surface area contributed by atoms with E-state index in [1.807, 2.05) is 0 Å². The number of benzene rings is 2. The lowest BCUT2D eigenvalue weighted by atomic mass is 10.1. The summed E-state index contributed by atoms with van der Waals surface area (Å²) in [4.78, 5) is 0. The molecule has 0 atom stereocenters. The number of rotatable bonds is 4. The monoisotopic (exact) mass is 262 g/mol. The summed E-state index contributed by atoms with van der Waals surface area (Å²) >= 11 is 0. The predicted molar refractivity (Wildman–Crippen MR) is 68.1 cm³/mol. The van der Waals surface area contributed by atoms with Gasteiger partial charge in [0.1, 0.15) is 29.8 Å². The molecule has 2 aromatic rings. The molecule has 0 saturated carbocycles. The molecule has 0 bridgehead atoms. The standard InChI is InChI=1S/C14H12F2N2O/c15-10-4-1-3-9(7-10)8-19-12-6-2-5-11(16)13(12)14(17)18/h1-7H,8H2,(H3,17,18). The SMILES string of the molecule is N=C(N)c1c(F)cccc1OCc1cccc(F)c1. The lowest BCUT2D eigenvalue weighted by Gasteiger charge is -2.11. The molecule has 0 aromatic heterocycles. The van der Waals surface area contributed by atoms with Gasteiger partial charge in [0.05, 0.1) is 5.56 Å². The van der Waals surface area contributed by atoms with Crippen LogP contribution in [0.5, 0.6) is 5.75 Å². The van der Waals surface area contributed by atoms with Gasteiger partial charge in [-0.1, -0.05) is 18.2 Å². The molecule has 3 N–H and O–H groups in total. The van der Waals surface area contributed by atoms with E-state index in [-0.39, 0.29) is 23.7 Å². The van der Waals surface area contributed by atoms with Crippen molar-refractivity contribution in [3.8, 4) is 5.75 Å². The Balaban J connectivity index is 2.20. The Morgan fingerprint density at radius 1 is 1.16 bits per heavy atom. The lowest BCUT2D eigenvalue weighted by Crippen LogP contribution is -2.15. The first-order valence-corrected chi connectivity index (χ1v) is 5.58. The highest BCUT2D eigenvalue weighted by Crippen LogP contribution is 2.22. The normalized spacial score (nSPS) is 10.2. The average molecular weight is 262 g/mol. The fourth-order valence-corrected chi connectivity index (χ4v) is 1.67. The molecule has 0 spiro atoms. The van der Waals surface area contributed by atoms with Gasteiger partial charge in [-0.15, -0.1) is 0 Å². The highest BCUT2D eigenvalue weighted by Gasteiger charge is 2.12. The van der Waals surface area contributed by atoms with E-state index in [2.05, 4.69) is 0 Å². The average Bonchev–Trinajstić information content (AvgIpc) is 2.36. The second-order valence-corrected chi connectivity index (χ2v) is 3.95. The van der Waals surface area contributed by atoms with Gasteiger partial charge in [-0.25, -0.2) is 8.78 Å². The molecular weight excluding hydrogens is 250 g/mol. The second-order valence-electron chi connectivity index (χ2n) is 3.95. The Bertz CT molecular complexity index is 614. The molecular formula is C14H12F2N2O. The molecule has 0 aliphatic rings. The summed E-state index contributed by atoms with van der Waals surface area (Å²) in [7, 11) is 0. The van der Waals surface area contributed by atoms with Crippen LogP contribution in [0.2, 0.25) is 0 Å². The summed E-state index contributed by atoms with van der Waals surface area (Å²) in [6.07, 6.45) is 0. The molecule has 2 rings (SSSR count). The van der Waals surface area contributed by atoms with Crippen molar-refractivity contribution in [3.63, 3.8) is 0 Å². The number of amidine groups is 1. The fourth-order valence-electron chi connectivity index (χ4n) is 1.67. The van der Waals surface area contributed by atoms with Crippen LogP contribution in [0.4, 0.5) is 8.78 Å². The van der Waals surface area contributed by atoms with E-state index in [0.717, 1.165) is 0 Å². The molecule has 0 unspecified atom stereocenters. The largest absolute Gasteiger partial charge is 0.488 e. The minimum absolute atomic E-state index is 0.0709. The summed E-state index contributed by atoms with van der Waals surface area (Å²) in [5.74, 6) is -1.24. The molecule has 5 heteroatoms. The van der Waals surface area contributed by atoms with E-state index in [1.54, 1.807) is 12.1 Å². The number of nitrogens with two attached hydrogens (primary N) is 1.